The molecule has 2 aliphatic heterocycles. The molecule has 2 aliphatic rings. The normalized spacial score (nSPS) is 22.9. The molecule has 2 atom stereocenters. The van der Waals surface area contributed by atoms with Crippen LogP contribution in [0.25, 0.3) is 10.9 Å². The largest absolute Gasteiger partial charge is 0.356 e. The maximum atomic E-state index is 13.1. The van der Waals surface area contributed by atoms with Gasteiger partial charge in [-0.1, -0.05) is 18.2 Å². The van der Waals surface area contributed by atoms with Crippen LogP contribution in [0.2, 0.25) is 0 Å². The predicted octanol–water partition coefficient (Wildman–Crippen LogP) is 1.78. The number of aromatic nitrogens is 1. The Balaban J connectivity index is 1.63. The zero-order chi connectivity index (χ0) is 18.4. The van der Waals surface area contributed by atoms with Crippen LogP contribution in [0.5, 0.6) is 0 Å². The van der Waals surface area contributed by atoms with E-state index in [0.29, 0.717) is 13.0 Å². The molecule has 2 unspecified atom stereocenters. The molecule has 2 amide bonds. The number of fused-ring (bicyclic) bond motifs is 4. The monoisotopic (exact) mass is 354 g/mol. The van der Waals surface area contributed by atoms with Crippen LogP contribution in [0.4, 0.5) is 0 Å². The molecule has 6 nitrogen and oxygen atoms in total. The summed E-state index contributed by atoms with van der Waals surface area (Å²) in [6, 6.07) is 7.70. The van der Waals surface area contributed by atoms with Gasteiger partial charge in [-0.3, -0.25) is 9.59 Å². The molecule has 0 bridgehead atoms. The lowest BCUT2D eigenvalue weighted by Crippen LogP contribution is -2.62. The van der Waals surface area contributed by atoms with Crippen LogP contribution in [-0.2, 0) is 16.0 Å². The van der Waals surface area contributed by atoms with Crippen molar-refractivity contribution in [2.75, 3.05) is 33.7 Å². The first-order valence-corrected chi connectivity index (χ1v) is 9.31. The van der Waals surface area contributed by atoms with Crippen LogP contribution < -0.4 is 0 Å². The Morgan fingerprint density at radius 3 is 2.77 bits per heavy atom. The van der Waals surface area contributed by atoms with E-state index in [1.807, 2.05) is 33.2 Å². The van der Waals surface area contributed by atoms with Gasteiger partial charge in [0.15, 0.2) is 0 Å². The van der Waals surface area contributed by atoms with Gasteiger partial charge >= 0.3 is 0 Å². The van der Waals surface area contributed by atoms with Gasteiger partial charge < -0.3 is 19.7 Å². The van der Waals surface area contributed by atoms with E-state index in [1.54, 1.807) is 9.80 Å². The van der Waals surface area contributed by atoms with Crippen LogP contribution in [-0.4, -0.2) is 71.3 Å². The van der Waals surface area contributed by atoms with Crippen molar-refractivity contribution in [3.05, 3.63) is 35.5 Å². The van der Waals surface area contributed by atoms with Gasteiger partial charge in [-0.15, -0.1) is 0 Å². The molecule has 1 aromatic heterocycles. The Labute approximate surface area is 153 Å². The number of H-pyrrole nitrogens is 1. The topological polar surface area (TPSA) is 59.7 Å². The van der Waals surface area contributed by atoms with Gasteiger partial charge in [0.25, 0.3) is 0 Å². The number of piperazine rings is 1. The zero-order valence-electron chi connectivity index (χ0n) is 15.7. The number of nitrogens with zero attached hydrogens (tertiary/aromatic N) is 3. The lowest BCUT2D eigenvalue weighted by molar-refractivity contribution is -0.159. The third-order valence-electron chi connectivity index (χ3n) is 5.66. The van der Waals surface area contributed by atoms with E-state index in [9.17, 15) is 9.59 Å². The highest BCUT2D eigenvalue weighted by molar-refractivity contribution is 5.97. The molecular formula is C20H26N4O2. The molecule has 3 heterocycles. The van der Waals surface area contributed by atoms with Crippen molar-refractivity contribution in [1.29, 1.82) is 0 Å². The average Bonchev–Trinajstić information content (AvgIpc) is 2.98. The number of benzene rings is 1. The average molecular weight is 354 g/mol. The number of carbonyl (C=O) groups excluding carboxylic acids is 2. The van der Waals surface area contributed by atoms with E-state index in [1.165, 1.54) is 10.9 Å². The minimum absolute atomic E-state index is 0.0521. The number of rotatable bonds is 4. The fraction of sp³-hybridized carbons (Fsp3) is 0.500. The van der Waals surface area contributed by atoms with Gasteiger partial charge in [0, 0.05) is 29.6 Å². The highest BCUT2D eigenvalue weighted by atomic mass is 16.2. The van der Waals surface area contributed by atoms with Crippen LogP contribution >= 0.6 is 0 Å². The van der Waals surface area contributed by atoms with E-state index in [0.717, 1.165) is 24.2 Å². The highest BCUT2D eigenvalue weighted by Crippen LogP contribution is 2.38. The van der Waals surface area contributed by atoms with Gasteiger partial charge in [-0.25, -0.2) is 0 Å². The first-order valence-electron chi connectivity index (χ1n) is 9.31. The van der Waals surface area contributed by atoms with E-state index in [2.05, 4.69) is 22.0 Å². The molecule has 0 spiro atoms. The number of hydrogen-bond acceptors (Lipinski definition) is 3. The molecule has 26 heavy (non-hydrogen) atoms. The van der Waals surface area contributed by atoms with Crippen molar-refractivity contribution in [2.24, 2.45) is 0 Å². The summed E-state index contributed by atoms with van der Waals surface area (Å²) in [7, 11) is 4.04. The van der Waals surface area contributed by atoms with Crippen molar-refractivity contribution in [3.8, 4) is 0 Å². The standard InChI is InChI=1S/C20H26N4O2/c1-13-19-15(14-7-4-5-8-16(14)21-19)11-17-20(26)23(10-6-9-22(2)3)12-18(25)24(13)17/h4-5,7-8,13,17,21H,6,9-12H2,1-3H3. The summed E-state index contributed by atoms with van der Waals surface area (Å²) < 4.78 is 0. The predicted molar refractivity (Wildman–Crippen MR) is 101 cm³/mol. The van der Waals surface area contributed by atoms with Crippen LogP contribution in [0.15, 0.2) is 24.3 Å². The van der Waals surface area contributed by atoms with E-state index in [4.69, 9.17) is 0 Å². The SMILES string of the molecule is CC1c2[nH]c3ccccc3c2CC2C(=O)N(CCCN(C)C)CC(=O)N21. The van der Waals surface area contributed by atoms with Crippen LogP contribution in [0.3, 0.4) is 0 Å². The number of hydrogen-bond donors (Lipinski definition) is 1. The zero-order valence-corrected chi connectivity index (χ0v) is 15.7. The van der Waals surface area contributed by atoms with E-state index in [-0.39, 0.29) is 30.4 Å². The third kappa shape index (κ3) is 2.69. The molecule has 6 heteroatoms. The lowest BCUT2D eigenvalue weighted by atomic mass is 9.90. The summed E-state index contributed by atoms with van der Waals surface area (Å²) in [4.78, 5) is 35.0. The molecule has 1 saturated heterocycles. The minimum Gasteiger partial charge on any atom is -0.356 e. The van der Waals surface area contributed by atoms with Gasteiger partial charge in [-0.05, 0) is 45.6 Å². The minimum atomic E-state index is -0.377. The maximum Gasteiger partial charge on any atom is 0.246 e. The highest BCUT2D eigenvalue weighted by Gasteiger charge is 2.45. The second-order valence-corrected chi connectivity index (χ2v) is 7.68. The number of nitrogens with one attached hydrogen (secondary N) is 1. The van der Waals surface area contributed by atoms with Gasteiger partial charge in [0.2, 0.25) is 11.8 Å². The lowest BCUT2D eigenvalue weighted by Gasteiger charge is -2.46. The summed E-state index contributed by atoms with van der Waals surface area (Å²) in [5, 5.41) is 1.17. The van der Waals surface area contributed by atoms with Crippen LogP contribution in [0.1, 0.15) is 30.6 Å². The van der Waals surface area contributed by atoms with Gasteiger partial charge in [0.05, 0.1) is 12.6 Å². The molecule has 4 rings (SSSR count). The molecule has 138 valence electrons. The first-order chi connectivity index (χ1) is 12.5. The number of para-hydroxylation sites is 1. The Morgan fingerprint density at radius 2 is 2.00 bits per heavy atom. The second-order valence-electron chi connectivity index (χ2n) is 7.68. The van der Waals surface area contributed by atoms with Crippen molar-refractivity contribution < 1.29 is 9.59 Å². The van der Waals surface area contributed by atoms with Crippen molar-refractivity contribution >= 4 is 22.7 Å². The Hall–Kier alpha value is -2.34. The molecule has 0 aliphatic carbocycles. The molecule has 0 saturated carbocycles. The van der Waals surface area contributed by atoms with Gasteiger partial charge in [-0.2, -0.15) is 0 Å². The van der Waals surface area contributed by atoms with E-state index >= 15 is 0 Å². The fourth-order valence-corrected chi connectivity index (χ4v) is 4.39. The van der Waals surface area contributed by atoms with E-state index < -0.39 is 0 Å². The molecule has 2 aromatic rings. The Kier molecular flexibility index (Phi) is 4.23. The smallest absolute Gasteiger partial charge is 0.246 e. The van der Waals surface area contributed by atoms with Crippen molar-refractivity contribution in [3.63, 3.8) is 0 Å². The Morgan fingerprint density at radius 1 is 1.23 bits per heavy atom. The van der Waals surface area contributed by atoms with Gasteiger partial charge in [0.1, 0.15) is 6.04 Å². The van der Waals surface area contributed by atoms with Crippen molar-refractivity contribution in [1.82, 2.24) is 19.7 Å². The first kappa shape index (κ1) is 17.1. The molecule has 1 fully saturated rings. The summed E-state index contributed by atoms with van der Waals surface area (Å²) in [5.41, 5.74) is 3.34. The fourth-order valence-electron chi connectivity index (χ4n) is 4.39. The molecule has 1 N–H and O–H groups in total. The molecule has 1 aromatic carbocycles. The number of aromatic amines is 1. The summed E-state index contributed by atoms with van der Waals surface area (Å²) in [6.07, 6.45) is 1.48. The molecule has 0 radical (unpaired) electrons. The summed E-state index contributed by atoms with van der Waals surface area (Å²) in [5.74, 6) is 0.141. The van der Waals surface area contributed by atoms with Crippen molar-refractivity contribution in [2.45, 2.75) is 31.8 Å². The summed E-state index contributed by atoms with van der Waals surface area (Å²) >= 11 is 0. The maximum absolute atomic E-state index is 13.1. The third-order valence-corrected chi connectivity index (χ3v) is 5.66. The molecular weight excluding hydrogens is 328 g/mol. The Bertz CT molecular complexity index is 857. The number of amides is 2. The number of carbonyl (C=O) groups is 2. The second kappa shape index (κ2) is 6.43. The quantitative estimate of drug-likeness (QED) is 0.910. The van der Waals surface area contributed by atoms with Crippen LogP contribution in [0, 0.1) is 0 Å². The summed E-state index contributed by atoms with van der Waals surface area (Å²) in [6.45, 7) is 3.77.